The molecule has 0 unspecified atom stereocenters. The van der Waals surface area contributed by atoms with Crippen molar-refractivity contribution < 1.29 is 9.53 Å². The van der Waals surface area contributed by atoms with Gasteiger partial charge in [-0.2, -0.15) is 0 Å². The van der Waals surface area contributed by atoms with Crippen molar-refractivity contribution in [2.45, 2.75) is 32.2 Å². The van der Waals surface area contributed by atoms with E-state index < -0.39 is 0 Å². The minimum Gasteiger partial charge on any atom is -0.494 e. The van der Waals surface area contributed by atoms with Crippen molar-refractivity contribution in [2.24, 2.45) is 5.73 Å². The fourth-order valence-electron chi connectivity index (χ4n) is 1.44. The molecule has 0 aliphatic rings. The van der Waals surface area contributed by atoms with E-state index in [2.05, 4.69) is 27.9 Å². The maximum absolute atomic E-state index is 11.7. The summed E-state index contributed by atoms with van der Waals surface area (Å²) in [5, 5.41) is 2.89. The van der Waals surface area contributed by atoms with Crippen LogP contribution in [0.1, 0.15) is 26.7 Å². The van der Waals surface area contributed by atoms with E-state index in [0.29, 0.717) is 26.0 Å². The summed E-state index contributed by atoms with van der Waals surface area (Å²) in [6, 6.07) is 7.84. The topological polar surface area (TPSA) is 64.3 Å². The third-order valence-electron chi connectivity index (χ3n) is 2.62. The Hall–Kier alpha value is -0.530. The van der Waals surface area contributed by atoms with Crippen molar-refractivity contribution in [3.05, 3.63) is 27.8 Å². The summed E-state index contributed by atoms with van der Waals surface area (Å²) in [6.07, 6.45) is 1.15. The number of benzene rings is 1. The van der Waals surface area contributed by atoms with E-state index in [-0.39, 0.29) is 23.9 Å². The molecule has 1 rings (SSSR count). The molecule has 1 amide bonds. The summed E-state index contributed by atoms with van der Waals surface area (Å²) < 4.78 is 6.73. The smallest absolute Gasteiger partial charge is 0.220 e. The molecule has 0 radical (unpaired) electrons. The lowest BCUT2D eigenvalue weighted by Gasteiger charge is -2.24. The van der Waals surface area contributed by atoms with Crippen LogP contribution in [0.15, 0.2) is 24.3 Å². The molecule has 0 aliphatic heterocycles. The van der Waals surface area contributed by atoms with Gasteiger partial charge in [-0.3, -0.25) is 4.79 Å². The lowest BCUT2D eigenvalue weighted by molar-refractivity contribution is -0.122. The Morgan fingerprint density at radius 3 is 2.50 bits per heavy atom. The molecule has 0 bridgehead atoms. The third kappa shape index (κ3) is 7.91. The number of hydrogen-bond donors (Lipinski definition) is 2. The van der Waals surface area contributed by atoms with Crippen LogP contribution in [0.4, 0.5) is 0 Å². The van der Waals surface area contributed by atoms with E-state index in [4.69, 9.17) is 10.5 Å². The number of amides is 1. The molecule has 0 spiro atoms. The maximum Gasteiger partial charge on any atom is 0.220 e. The lowest BCUT2D eigenvalue weighted by Crippen LogP contribution is -2.48. The van der Waals surface area contributed by atoms with Gasteiger partial charge < -0.3 is 15.8 Å². The highest BCUT2D eigenvalue weighted by Crippen LogP contribution is 2.13. The van der Waals surface area contributed by atoms with Crippen LogP contribution >= 0.6 is 35.0 Å². The summed E-state index contributed by atoms with van der Waals surface area (Å²) >= 11 is 2.25. The van der Waals surface area contributed by atoms with Gasteiger partial charge in [0.05, 0.1) is 6.61 Å². The number of carbonyl (C=O) groups excluding carboxylic acids is 1. The normalized spacial score (nSPS) is 10.6. The van der Waals surface area contributed by atoms with Crippen LogP contribution in [-0.4, -0.2) is 24.6 Å². The van der Waals surface area contributed by atoms with Gasteiger partial charge in [-0.1, -0.05) is 0 Å². The summed E-state index contributed by atoms with van der Waals surface area (Å²) in [4.78, 5) is 11.7. The van der Waals surface area contributed by atoms with Crippen LogP contribution in [0.25, 0.3) is 0 Å². The predicted octanol–water partition coefficient (Wildman–Crippen LogP) is 2.73. The first-order valence-corrected chi connectivity index (χ1v) is 7.40. The van der Waals surface area contributed by atoms with Gasteiger partial charge in [0, 0.05) is 22.1 Å². The first-order valence-electron chi connectivity index (χ1n) is 6.32. The fourth-order valence-corrected chi connectivity index (χ4v) is 1.80. The van der Waals surface area contributed by atoms with E-state index in [1.165, 1.54) is 3.57 Å². The van der Waals surface area contributed by atoms with Crippen LogP contribution in [0.3, 0.4) is 0 Å². The van der Waals surface area contributed by atoms with Crippen molar-refractivity contribution in [1.29, 1.82) is 0 Å². The van der Waals surface area contributed by atoms with Gasteiger partial charge in [0.25, 0.3) is 0 Å². The molecule has 114 valence electrons. The number of carbonyl (C=O) groups is 1. The first-order chi connectivity index (χ1) is 8.93. The van der Waals surface area contributed by atoms with E-state index >= 15 is 0 Å². The van der Waals surface area contributed by atoms with Crippen LogP contribution in [-0.2, 0) is 4.79 Å². The van der Waals surface area contributed by atoms with Crippen LogP contribution in [0.2, 0.25) is 0 Å². The minimum absolute atomic E-state index is 0. The summed E-state index contributed by atoms with van der Waals surface area (Å²) in [6.45, 7) is 4.79. The molecule has 0 aromatic heterocycles. The highest BCUT2D eigenvalue weighted by atomic mass is 127. The molecule has 3 N–H and O–H groups in total. The molecule has 1 aromatic rings. The highest BCUT2D eigenvalue weighted by molar-refractivity contribution is 14.1. The van der Waals surface area contributed by atoms with Crippen molar-refractivity contribution >= 4 is 40.9 Å². The molecule has 0 aliphatic carbocycles. The molecule has 1 aromatic carbocycles. The first kappa shape index (κ1) is 19.5. The Morgan fingerprint density at radius 1 is 1.35 bits per heavy atom. The predicted molar refractivity (Wildman–Crippen MR) is 92.4 cm³/mol. The zero-order chi connectivity index (χ0) is 14.3. The summed E-state index contributed by atoms with van der Waals surface area (Å²) in [5.74, 6) is 0.852. The Balaban J connectivity index is 0.00000361. The molecule has 0 fully saturated rings. The van der Waals surface area contributed by atoms with Crippen molar-refractivity contribution in [3.63, 3.8) is 0 Å². The molecule has 0 saturated heterocycles. The molecule has 0 atom stereocenters. The average molecular weight is 413 g/mol. The molecule has 20 heavy (non-hydrogen) atoms. The monoisotopic (exact) mass is 412 g/mol. The molecular weight excluding hydrogens is 391 g/mol. The second kappa shape index (κ2) is 9.41. The Kier molecular flexibility index (Phi) is 9.16. The average Bonchev–Trinajstić information content (AvgIpc) is 2.36. The van der Waals surface area contributed by atoms with Gasteiger partial charge in [0.1, 0.15) is 5.75 Å². The van der Waals surface area contributed by atoms with E-state index in [0.717, 1.165) is 5.75 Å². The van der Waals surface area contributed by atoms with E-state index in [1.807, 2.05) is 38.1 Å². The highest BCUT2D eigenvalue weighted by Gasteiger charge is 2.17. The number of ether oxygens (including phenoxy) is 1. The van der Waals surface area contributed by atoms with E-state index in [9.17, 15) is 4.79 Å². The molecule has 6 heteroatoms. The third-order valence-corrected chi connectivity index (χ3v) is 3.34. The second-order valence-electron chi connectivity index (χ2n) is 5.04. The molecule has 4 nitrogen and oxygen atoms in total. The Morgan fingerprint density at radius 2 is 1.95 bits per heavy atom. The lowest BCUT2D eigenvalue weighted by atomic mass is 10.1. The van der Waals surface area contributed by atoms with Crippen LogP contribution in [0.5, 0.6) is 5.75 Å². The SMILES string of the molecule is CC(C)(CN)NC(=O)CCCOc1ccc(I)cc1.Cl. The van der Waals surface area contributed by atoms with Crippen molar-refractivity contribution in [2.75, 3.05) is 13.2 Å². The number of hydrogen-bond acceptors (Lipinski definition) is 3. The van der Waals surface area contributed by atoms with Gasteiger partial charge in [-0.15, -0.1) is 12.4 Å². The zero-order valence-corrected chi connectivity index (χ0v) is 14.8. The Bertz CT molecular complexity index is 410. The Labute approximate surface area is 140 Å². The largest absolute Gasteiger partial charge is 0.494 e. The maximum atomic E-state index is 11.7. The zero-order valence-electron chi connectivity index (χ0n) is 11.8. The summed E-state index contributed by atoms with van der Waals surface area (Å²) in [7, 11) is 0. The molecule has 0 saturated carbocycles. The van der Waals surface area contributed by atoms with Gasteiger partial charge in [-0.05, 0) is 67.1 Å². The number of nitrogens with one attached hydrogen (secondary N) is 1. The van der Waals surface area contributed by atoms with Gasteiger partial charge in [-0.25, -0.2) is 0 Å². The second-order valence-corrected chi connectivity index (χ2v) is 6.29. The van der Waals surface area contributed by atoms with Gasteiger partial charge in [0.2, 0.25) is 5.91 Å². The van der Waals surface area contributed by atoms with Crippen LogP contribution < -0.4 is 15.8 Å². The van der Waals surface area contributed by atoms with Gasteiger partial charge in [0.15, 0.2) is 0 Å². The van der Waals surface area contributed by atoms with E-state index in [1.54, 1.807) is 0 Å². The summed E-state index contributed by atoms with van der Waals surface area (Å²) in [5.41, 5.74) is 5.22. The minimum atomic E-state index is -0.339. The van der Waals surface area contributed by atoms with Gasteiger partial charge >= 0.3 is 0 Å². The fraction of sp³-hybridized carbons (Fsp3) is 0.500. The molecule has 0 heterocycles. The quantitative estimate of drug-likeness (QED) is 0.535. The van der Waals surface area contributed by atoms with Crippen molar-refractivity contribution in [3.8, 4) is 5.75 Å². The molecular formula is C14H22ClIN2O2. The van der Waals surface area contributed by atoms with Crippen LogP contribution in [0, 0.1) is 3.57 Å². The number of nitrogens with two attached hydrogens (primary N) is 1. The van der Waals surface area contributed by atoms with Crippen molar-refractivity contribution in [1.82, 2.24) is 5.32 Å². The standard InChI is InChI=1S/C14H21IN2O2.ClH/c1-14(2,10-16)17-13(18)4-3-9-19-12-7-5-11(15)6-8-12;/h5-8H,3-4,9-10,16H2,1-2H3,(H,17,18);1H. The number of halogens is 2. The number of rotatable bonds is 7.